The van der Waals surface area contributed by atoms with Crippen LogP contribution in [0.3, 0.4) is 0 Å². The van der Waals surface area contributed by atoms with Gasteiger partial charge in [-0.15, -0.1) is 0 Å². The van der Waals surface area contributed by atoms with Crippen LogP contribution in [0.4, 0.5) is 8.78 Å². The van der Waals surface area contributed by atoms with Crippen LogP contribution in [0.1, 0.15) is 19.6 Å². The maximum Gasteiger partial charge on any atom is 0.371 e. The highest BCUT2D eigenvalue weighted by molar-refractivity contribution is 7.59. The lowest BCUT2D eigenvalue weighted by Crippen LogP contribution is -1.97. The third-order valence-electron chi connectivity index (χ3n) is 3.11. The Kier molecular flexibility index (Phi) is 6.27. The fourth-order valence-corrected chi connectivity index (χ4v) is 3.53. The van der Waals surface area contributed by atoms with E-state index in [0.29, 0.717) is 0 Å². The topological polar surface area (TPSA) is 72.5 Å². The first kappa shape index (κ1) is 19.1. The summed E-state index contributed by atoms with van der Waals surface area (Å²) < 4.78 is 55.1. The van der Waals surface area contributed by atoms with E-state index in [1.807, 2.05) is 0 Å². The summed E-state index contributed by atoms with van der Waals surface area (Å²) >= 11 is 0. The first-order valence-electron chi connectivity index (χ1n) is 7.50. The minimum Gasteiger partial charge on any atom is -0.457 e. The number of furan rings is 1. The molecule has 0 spiro atoms. The Morgan fingerprint density at radius 1 is 1.24 bits per heavy atom. The van der Waals surface area contributed by atoms with Gasteiger partial charge in [-0.3, -0.25) is 4.57 Å². The number of benzene rings is 1. The maximum atomic E-state index is 13.8. The Morgan fingerprint density at radius 3 is 2.48 bits per heavy atom. The molecule has 1 aromatic heterocycles. The number of allylic oxidation sites excluding steroid dienone is 1. The van der Waals surface area contributed by atoms with Crippen molar-refractivity contribution in [3.05, 3.63) is 53.0 Å². The van der Waals surface area contributed by atoms with Crippen molar-refractivity contribution in [3.63, 3.8) is 0 Å². The highest BCUT2D eigenvalue weighted by Gasteiger charge is 2.30. The van der Waals surface area contributed by atoms with Crippen molar-refractivity contribution in [1.82, 2.24) is 0 Å². The van der Waals surface area contributed by atoms with Crippen LogP contribution in [0, 0.1) is 23.0 Å². The lowest BCUT2D eigenvalue weighted by Gasteiger charge is -2.15. The monoisotopic (exact) mass is 367 g/mol. The summed E-state index contributed by atoms with van der Waals surface area (Å²) in [4.78, 5) is 0. The normalized spacial score (nSPS) is 12.2. The zero-order chi connectivity index (χ0) is 18.4. The van der Waals surface area contributed by atoms with E-state index in [4.69, 9.17) is 13.5 Å². The second-order valence-corrected chi connectivity index (χ2v) is 6.79. The lowest BCUT2D eigenvalue weighted by atomic mass is 10.1. The average Bonchev–Trinajstić information content (AvgIpc) is 3.01. The van der Waals surface area contributed by atoms with Gasteiger partial charge in [-0.05, 0) is 38.1 Å². The Labute approximate surface area is 144 Å². The molecule has 0 radical (unpaired) electrons. The van der Waals surface area contributed by atoms with Crippen LogP contribution >= 0.6 is 7.60 Å². The molecular weight excluding hydrogens is 351 g/mol. The number of hydrogen-bond donors (Lipinski definition) is 0. The molecule has 2 aromatic rings. The van der Waals surface area contributed by atoms with Gasteiger partial charge in [0.2, 0.25) is 0 Å². The molecule has 0 amide bonds. The van der Waals surface area contributed by atoms with Crippen molar-refractivity contribution in [1.29, 1.82) is 5.26 Å². The summed E-state index contributed by atoms with van der Waals surface area (Å²) in [6.07, 6.45) is 1.22. The zero-order valence-corrected chi connectivity index (χ0v) is 14.6. The van der Waals surface area contributed by atoms with Crippen LogP contribution < -0.4 is 0 Å². The van der Waals surface area contributed by atoms with Gasteiger partial charge in [0.05, 0.1) is 18.8 Å². The fraction of sp³-hybridized carbons (Fsp3) is 0.235. The van der Waals surface area contributed by atoms with Crippen molar-refractivity contribution in [2.24, 2.45) is 0 Å². The zero-order valence-electron chi connectivity index (χ0n) is 13.7. The molecule has 1 heterocycles. The molecule has 0 unspecified atom stereocenters. The minimum absolute atomic E-state index is 0.0670. The second kappa shape index (κ2) is 8.21. The van der Waals surface area contributed by atoms with E-state index in [0.717, 1.165) is 12.1 Å². The Bertz CT molecular complexity index is 860. The summed E-state index contributed by atoms with van der Waals surface area (Å²) in [5.41, 5.74) is 0.0670. The molecule has 0 atom stereocenters. The largest absolute Gasteiger partial charge is 0.457 e. The van der Waals surface area contributed by atoms with Crippen molar-refractivity contribution >= 4 is 13.7 Å². The predicted octanol–water partition coefficient (Wildman–Crippen LogP) is 5.36. The van der Waals surface area contributed by atoms with Gasteiger partial charge in [-0.25, -0.2) is 8.78 Å². The molecule has 132 valence electrons. The Balaban J connectivity index is 2.39. The van der Waals surface area contributed by atoms with Crippen molar-refractivity contribution in [2.75, 3.05) is 13.2 Å². The van der Waals surface area contributed by atoms with E-state index in [-0.39, 0.29) is 35.6 Å². The van der Waals surface area contributed by atoms with Gasteiger partial charge in [0.25, 0.3) is 0 Å². The molecule has 0 saturated heterocycles. The molecule has 0 aliphatic heterocycles. The molecule has 8 heteroatoms. The van der Waals surface area contributed by atoms with E-state index < -0.39 is 19.2 Å². The van der Waals surface area contributed by atoms with Gasteiger partial charge in [0.15, 0.2) is 0 Å². The van der Waals surface area contributed by atoms with E-state index in [1.54, 1.807) is 19.9 Å². The van der Waals surface area contributed by atoms with E-state index >= 15 is 0 Å². The summed E-state index contributed by atoms with van der Waals surface area (Å²) in [7, 11) is -3.76. The smallest absolute Gasteiger partial charge is 0.371 e. The SMILES string of the molecule is CCOP(=O)(OCC)/C(C#N)=C\c1ccc(-c2ccc(F)cc2F)o1. The van der Waals surface area contributed by atoms with Gasteiger partial charge in [0, 0.05) is 12.1 Å². The summed E-state index contributed by atoms with van der Waals surface area (Å²) in [6, 6.07) is 7.82. The van der Waals surface area contributed by atoms with Crippen LogP contribution in [0.5, 0.6) is 0 Å². The highest BCUT2D eigenvalue weighted by atomic mass is 31.2. The molecule has 0 aliphatic carbocycles. The number of hydrogen-bond acceptors (Lipinski definition) is 5. The van der Waals surface area contributed by atoms with Crippen LogP contribution in [-0.2, 0) is 13.6 Å². The maximum absolute atomic E-state index is 13.8. The minimum atomic E-state index is -3.76. The van der Waals surface area contributed by atoms with Gasteiger partial charge in [-0.1, -0.05) is 0 Å². The number of nitriles is 1. The van der Waals surface area contributed by atoms with E-state index in [2.05, 4.69) is 0 Å². The molecule has 0 fully saturated rings. The van der Waals surface area contributed by atoms with Crippen LogP contribution in [-0.4, -0.2) is 13.2 Å². The van der Waals surface area contributed by atoms with Gasteiger partial charge in [-0.2, -0.15) is 5.26 Å². The first-order chi connectivity index (χ1) is 11.9. The van der Waals surface area contributed by atoms with E-state index in [9.17, 15) is 18.6 Å². The summed E-state index contributed by atoms with van der Waals surface area (Å²) in [6.45, 7) is 3.45. The highest BCUT2D eigenvalue weighted by Crippen LogP contribution is 2.56. The number of halogens is 2. The molecule has 0 bridgehead atoms. The number of nitrogens with zero attached hydrogens (tertiary/aromatic N) is 1. The molecule has 0 saturated carbocycles. The Morgan fingerprint density at radius 2 is 1.92 bits per heavy atom. The number of rotatable bonds is 7. The Hall–Kier alpha value is -2.26. The molecular formula is C17H16F2NO4P. The third-order valence-corrected chi connectivity index (χ3v) is 5.13. The molecule has 0 aliphatic rings. The summed E-state index contributed by atoms with van der Waals surface area (Å²) in [5, 5.41) is 9.06. The standard InChI is InChI=1S/C17H16F2NO4P/c1-3-22-25(21,23-4-2)14(11-20)10-13-6-8-17(24-13)15-7-5-12(18)9-16(15)19/h5-10H,3-4H2,1-2H3/b14-10-. The molecule has 1 aromatic carbocycles. The van der Waals surface area contributed by atoms with Crippen LogP contribution in [0.2, 0.25) is 0 Å². The molecule has 2 rings (SSSR count). The summed E-state index contributed by atoms with van der Waals surface area (Å²) in [5.74, 6) is -1.17. The lowest BCUT2D eigenvalue weighted by molar-refractivity contribution is 0.227. The predicted molar refractivity (Wildman–Crippen MR) is 88.5 cm³/mol. The molecule has 25 heavy (non-hydrogen) atoms. The quantitative estimate of drug-likeness (QED) is 0.487. The van der Waals surface area contributed by atoms with Crippen molar-refractivity contribution < 1.29 is 26.8 Å². The third kappa shape index (κ3) is 4.43. The average molecular weight is 367 g/mol. The second-order valence-electron chi connectivity index (χ2n) is 4.80. The fourth-order valence-electron chi connectivity index (χ4n) is 2.09. The van der Waals surface area contributed by atoms with Gasteiger partial charge in [0.1, 0.15) is 34.5 Å². The molecule has 5 nitrogen and oxygen atoms in total. The van der Waals surface area contributed by atoms with Gasteiger partial charge >= 0.3 is 7.60 Å². The van der Waals surface area contributed by atoms with Crippen molar-refractivity contribution in [2.45, 2.75) is 13.8 Å². The molecule has 0 N–H and O–H groups in total. The first-order valence-corrected chi connectivity index (χ1v) is 9.04. The van der Waals surface area contributed by atoms with Crippen LogP contribution in [0.25, 0.3) is 17.4 Å². The van der Waals surface area contributed by atoms with Crippen molar-refractivity contribution in [3.8, 4) is 17.4 Å². The van der Waals surface area contributed by atoms with Gasteiger partial charge < -0.3 is 13.5 Å². The van der Waals surface area contributed by atoms with E-state index in [1.165, 1.54) is 24.3 Å². The van der Waals surface area contributed by atoms with Crippen LogP contribution in [0.15, 0.2) is 40.1 Å².